The van der Waals surface area contributed by atoms with Crippen LogP contribution in [-0.4, -0.2) is 38.6 Å². The van der Waals surface area contributed by atoms with Crippen molar-refractivity contribution >= 4 is 27.1 Å². The maximum absolute atomic E-state index is 12.2. The van der Waals surface area contributed by atoms with Crippen LogP contribution >= 0.6 is 0 Å². The van der Waals surface area contributed by atoms with Crippen molar-refractivity contribution in [1.29, 1.82) is 0 Å². The van der Waals surface area contributed by atoms with E-state index in [1.807, 2.05) is 0 Å². The topological polar surface area (TPSA) is 118 Å². The van der Waals surface area contributed by atoms with Gasteiger partial charge in [0.25, 0.3) is 5.69 Å². The minimum Gasteiger partial charge on any atom is -0.378 e. The molecular weight excluding hydrogens is 358 g/mol. The Morgan fingerprint density at radius 1 is 1.27 bits per heavy atom. The van der Waals surface area contributed by atoms with Crippen molar-refractivity contribution in [3.05, 3.63) is 40.5 Å². The minimum absolute atomic E-state index is 0.0191. The predicted octanol–water partition coefficient (Wildman–Crippen LogP) is 1.74. The summed E-state index contributed by atoms with van der Waals surface area (Å²) in [4.78, 5) is 22.7. The number of sulfone groups is 1. The maximum Gasteiger partial charge on any atom is 0.293 e. The molecule has 26 heavy (non-hydrogen) atoms. The van der Waals surface area contributed by atoms with Gasteiger partial charge in [-0.25, -0.2) is 8.42 Å². The number of nitro groups is 1. The molecule has 3 unspecified atom stereocenters. The molecule has 3 atom stereocenters. The van der Waals surface area contributed by atoms with E-state index in [9.17, 15) is 23.3 Å². The molecule has 2 N–H and O–H groups in total. The van der Waals surface area contributed by atoms with Gasteiger partial charge >= 0.3 is 0 Å². The molecule has 9 heteroatoms. The van der Waals surface area contributed by atoms with Crippen molar-refractivity contribution in [2.24, 2.45) is 17.8 Å². The van der Waals surface area contributed by atoms with Gasteiger partial charge < -0.3 is 10.6 Å². The lowest BCUT2D eigenvalue weighted by Crippen LogP contribution is -2.35. The summed E-state index contributed by atoms with van der Waals surface area (Å²) in [5, 5.41) is 16.9. The molecule has 2 bridgehead atoms. The van der Waals surface area contributed by atoms with Gasteiger partial charge in [0.2, 0.25) is 5.91 Å². The number of amides is 1. The minimum atomic E-state index is -3.52. The Balaban J connectivity index is 1.55. The van der Waals surface area contributed by atoms with Crippen LogP contribution in [-0.2, 0) is 14.6 Å². The fraction of sp³-hybridized carbons (Fsp3) is 0.471. The second-order valence-electron chi connectivity index (χ2n) is 6.81. The predicted molar refractivity (Wildman–Crippen MR) is 96.5 cm³/mol. The molecule has 1 aromatic rings. The first-order valence-corrected chi connectivity index (χ1v) is 10.3. The van der Waals surface area contributed by atoms with Gasteiger partial charge in [-0.15, -0.1) is 0 Å². The summed E-state index contributed by atoms with van der Waals surface area (Å²) in [6.07, 6.45) is 7.23. The molecule has 1 amide bonds. The average molecular weight is 379 g/mol. The van der Waals surface area contributed by atoms with E-state index in [1.165, 1.54) is 12.1 Å². The first-order valence-electron chi connectivity index (χ1n) is 8.44. The van der Waals surface area contributed by atoms with Gasteiger partial charge in [-0.05, 0) is 36.8 Å². The van der Waals surface area contributed by atoms with Gasteiger partial charge in [0.05, 0.1) is 9.82 Å². The molecule has 0 aliphatic heterocycles. The molecule has 1 saturated carbocycles. The lowest BCUT2D eigenvalue weighted by atomic mass is 9.93. The Morgan fingerprint density at radius 2 is 2.04 bits per heavy atom. The standard InChI is InChI=1S/C17H21N3O5S/c1-26(24,25)13-4-5-15(16(10-13)20(22)23)18-6-7-19-17(21)14-9-11-2-3-12(14)8-11/h2-5,10-12,14,18H,6-9H2,1H3,(H,19,21). The summed E-state index contributed by atoms with van der Waals surface area (Å²) < 4.78 is 23.1. The van der Waals surface area contributed by atoms with E-state index in [0.29, 0.717) is 24.9 Å². The molecule has 2 aliphatic rings. The number of fused-ring (bicyclic) bond motifs is 2. The zero-order chi connectivity index (χ0) is 18.9. The highest BCUT2D eigenvalue weighted by atomic mass is 32.2. The Hall–Kier alpha value is -2.42. The number of nitrogens with one attached hydrogen (secondary N) is 2. The van der Waals surface area contributed by atoms with Crippen molar-refractivity contribution in [2.45, 2.75) is 17.7 Å². The molecule has 0 saturated heterocycles. The van der Waals surface area contributed by atoms with Crippen LogP contribution in [0.25, 0.3) is 0 Å². The molecule has 140 valence electrons. The number of nitrogens with zero attached hydrogens (tertiary/aromatic N) is 1. The third kappa shape index (κ3) is 3.87. The monoisotopic (exact) mass is 379 g/mol. The molecule has 0 aromatic heterocycles. The molecule has 0 heterocycles. The Kier molecular flexibility index (Phi) is 4.99. The van der Waals surface area contributed by atoms with Crippen molar-refractivity contribution in [2.75, 3.05) is 24.7 Å². The van der Waals surface area contributed by atoms with Gasteiger partial charge in [-0.1, -0.05) is 12.2 Å². The van der Waals surface area contributed by atoms with E-state index in [2.05, 4.69) is 22.8 Å². The van der Waals surface area contributed by atoms with E-state index in [4.69, 9.17) is 0 Å². The second-order valence-corrected chi connectivity index (χ2v) is 8.83. The number of rotatable bonds is 7. The van der Waals surface area contributed by atoms with Crippen molar-refractivity contribution in [1.82, 2.24) is 5.32 Å². The number of carbonyl (C=O) groups is 1. The summed E-state index contributed by atoms with van der Waals surface area (Å²) in [7, 11) is -3.52. The number of allylic oxidation sites excluding steroid dienone is 2. The number of carbonyl (C=O) groups excluding carboxylic acids is 1. The molecule has 3 rings (SSSR count). The lowest BCUT2D eigenvalue weighted by molar-refractivity contribution is -0.384. The summed E-state index contributed by atoms with van der Waals surface area (Å²) in [5.41, 5.74) is -0.0861. The zero-order valence-electron chi connectivity index (χ0n) is 14.3. The number of anilines is 1. The van der Waals surface area contributed by atoms with Gasteiger partial charge in [0.15, 0.2) is 9.84 Å². The number of benzene rings is 1. The molecule has 0 spiro atoms. The van der Waals surface area contributed by atoms with Crippen molar-refractivity contribution < 1.29 is 18.1 Å². The highest BCUT2D eigenvalue weighted by Gasteiger charge is 2.39. The summed E-state index contributed by atoms with van der Waals surface area (Å²) in [5.74, 6) is 0.890. The first kappa shape index (κ1) is 18.4. The average Bonchev–Trinajstić information content (AvgIpc) is 3.20. The van der Waals surface area contributed by atoms with E-state index < -0.39 is 14.8 Å². The van der Waals surface area contributed by atoms with Crippen molar-refractivity contribution in [3.8, 4) is 0 Å². The maximum atomic E-state index is 12.2. The van der Waals surface area contributed by atoms with Crippen LogP contribution in [0.2, 0.25) is 0 Å². The first-order chi connectivity index (χ1) is 12.3. The SMILES string of the molecule is CS(=O)(=O)c1ccc(NCCNC(=O)C2CC3C=CC2C3)c([N+](=O)[O-])c1. The lowest BCUT2D eigenvalue weighted by Gasteiger charge is -2.17. The van der Waals surface area contributed by atoms with E-state index in [1.54, 1.807) is 0 Å². The van der Waals surface area contributed by atoms with Gasteiger partial charge in [-0.2, -0.15) is 0 Å². The number of hydrogen-bond donors (Lipinski definition) is 2. The normalized spacial score (nSPS) is 23.8. The van der Waals surface area contributed by atoms with Gasteiger partial charge in [-0.3, -0.25) is 14.9 Å². The van der Waals surface area contributed by atoms with Gasteiger partial charge in [0, 0.05) is 31.3 Å². The Morgan fingerprint density at radius 3 is 2.62 bits per heavy atom. The number of nitro benzene ring substituents is 1. The van der Waals surface area contributed by atoms with Crippen LogP contribution in [0.15, 0.2) is 35.2 Å². The third-order valence-corrected chi connectivity index (χ3v) is 6.06. The van der Waals surface area contributed by atoms with Crippen LogP contribution in [0.3, 0.4) is 0 Å². The molecule has 1 aromatic carbocycles. The molecular formula is C17H21N3O5S. The van der Waals surface area contributed by atoms with E-state index in [0.717, 1.165) is 25.2 Å². The largest absolute Gasteiger partial charge is 0.378 e. The summed E-state index contributed by atoms with van der Waals surface area (Å²) >= 11 is 0. The molecule has 8 nitrogen and oxygen atoms in total. The van der Waals surface area contributed by atoms with E-state index >= 15 is 0 Å². The quantitative estimate of drug-likeness (QED) is 0.322. The Bertz CT molecular complexity index is 865. The summed E-state index contributed by atoms with van der Waals surface area (Å²) in [6, 6.07) is 3.74. The highest BCUT2D eigenvalue weighted by Crippen LogP contribution is 2.43. The van der Waals surface area contributed by atoms with Crippen molar-refractivity contribution in [3.63, 3.8) is 0 Å². The van der Waals surface area contributed by atoms with Crippen LogP contribution in [0, 0.1) is 27.9 Å². The molecule has 2 aliphatic carbocycles. The smallest absolute Gasteiger partial charge is 0.293 e. The Labute approximate surface area is 151 Å². The third-order valence-electron chi connectivity index (χ3n) is 4.95. The van der Waals surface area contributed by atoms with Gasteiger partial charge in [0.1, 0.15) is 5.69 Å². The zero-order valence-corrected chi connectivity index (χ0v) is 15.2. The highest BCUT2D eigenvalue weighted by molar-refractivity contribution is 7.90. The van der Waals surface area contributed by atoms with Crippen LogP contribution in [0.5, 0.6) is 0 Å². The fourth-order valence-electron chi connectivity index (χ4n) is 3.64. The molecule has 1 fully saturated rings. The second kappa shape index (κ2) is 7.06. The van der Waals surface area contributed by atoms with Crippen LogP contribution in [0.1, 0.15) is 12.8 Å². The van der Waals surface area contributed by atoms with Crippen LogP contribution in [0.4, 0.5) is 11.4 Å². The molecule has 0 radical (unpaired) electrons. The fourth-order valence-corrected chi connectivity index (χ4v) is 4.28. The van der Waals surface area contributed by atoms with Crippen LogP contribution < -0.4 is 10.6 Å². The van der Waals surface area contributed by atoms with E-state index in [-0.39, 0.29) is 28.1 Å². The summed E-state index contributed by atoms with van der Waals surface area (Å²) in [6.45, 7) is 0.642. The number of hydrogen-bond acceptors (Lipinski definition) is 6.